The molecule has 0 bridgehead atoms. The van der Waals surface area contributed by atoms with Crippen molar-refractivity contribution < 1.29 is 19.1 Å². The highest BCUT2D eigenvalue weighted by Crippen LogP contribution is 2.09. The van der Waals surface area contributed by atoms with Crippen LogP contribution in [0.2, 0.25) is 0 Å². The van der Waals surface area contributed by atoms with Gasteiger partial charge in [0.1, 0.15) is 11.9 Å². The number of aliphatic hydroxyl groups is 1. The number of rotatable bonds is 7. The standard InChI is InChI=1S/C19H21FN2O3/c1-13(11-15-9-5-6-10-16(15)20)21-19(25)17(12-23)22-18(24)14-7-3-2-4-8-14/h2-10,13,17,23H,11-12H2,1H3,(H,21,25)(H,22,24). The van der Waals surface area contributed by atoms with Gasteiger partial charge in [-0.05, 0) is 37.1 Å². The molecule has 0 saturated carbocycles. The zero-order chi connectivity index (χ0) is 18.2. The molecule has 2 aromatic carbocycles. The van der Waals surface area contributed by atoms with Crippen molar-refractivity contribution in [3.63, 3.8) is 0 Å². The summed E-state index contributed by atoms with van der Waals surface area (Å²) in [6.07, 6.45) is 0.309. The largest absolute Gasteiger partial charge is 0.394 e. The van der Waals surface area contributed by atoms with E-state index in [0.29, 0.717) is 17.5 Å². The van der Waals surface area contributed by atoms with Crippen molar-refractivity contribution in [1.82, 2.24) is 10.6 Å². The average molecular weight is 344 g/mol. The lowest BCUT2D eigenvalue weighted by Gasteiger charge is -2.20. The van der Waals surface area contributed by atoms with Gasteiger partial charge >= 0.3 is 0 Å². The summed E-state index contributed by atoms with van der Waals surface area (Å²) in [6.45, 7) is 1.20. The summed E-state index contributed by atoms with van der Waals surface area (Å²) in [5.41, 5.74) is 0.886. The van der Waals surface area contributed by atoms with Crippen LogP contribution in [0.15, 0.2) is 54.6 Å². The Balaban J connectivity index is 1.93. The Morgan fingerprint density at radius 1 is 1.04 bits per heavy atom. The van der Waals surface area contributed by atoms with Crippen LogP contribution in [0.5, 0.6) is 0 Å². The summed E-state index contributed by atoms with van der Waals surface area (Å²) in [6, 6.07) is 13.3. The van der Waals surface area contributed by atoms with E-state index < -0.39 is 24.5 Å². The van der Waals surface area contributed by atoms with Crippen LogP contribution in [0, 0.1) is 5.82 Å². The minimum atomic E-state index is -1.07. The molecule has 0 fully saturated rings. The van der Waals surface area contributed by atoms with Crippen molar-refractivity contribution in [2.45, 2.75) is 25.4 Å². The molecule has 0 aliphatic rings. The Labute approximate surface area is 145 Å². The second-order valence-corrected chi connectivity index (χ2v) is 5.78. The Morgan fingerprint density at radius 2 is 1.68 bits per heavy atom. The Kier molecular flexibility index (Phi) is 6.65. The molecule has 0 heterocycles. The third kappa shape index (κ3) is 5.39. The Morgan fingerprint density at radius 3 is 2.32 bits per heavy atom. The lowest BCUT2D eigenvalue weighted by molar-refractivity contribution is -0.124. The number of carbonyl (C=O) groups is 2. The first kappa shape index (κ1) is 18.6. The maximum Gasteiger partial charge on any atom is 0.251 e. The molecule has 6 heteroatoms. The molecule has 5 nitrogen and oxygen atoms in total. The van der Waals surface area contributed by atoms with Crippen molar-refractivity contribution in [1.29, 1.82) is 0 Å². The molecule has 0 aliphatic heterocycles. The second kappa shape index (κ2) is 8.94. The summed E-state index contributed by atoms with van der Waals surface area (Å²) in [5, 5.41) is 14.6. The predicted molar refractivity (Wildman–Crippen MR) is 92.5 cm³/mol. The third-order valence-electron chi connectivity index (χ3n) is 3.71. The lowest BCUT2D eigenvalue weighted by Crippen LogP contribution is -2.51. The third-order valence-corrected chi connectivity index (χ3v) is 3.71. The molecule has 2 aromatic rings. The molecule has 2 amide bonds. The van der Waals surface area contributed by atoms with E-state index in [-0.39, 0.29) is 11.9 Å². The number of benzene rings is 2. The van der Waals surface area contributed by atoms with E-state index >= 15 is 0 Å². The molecule has 2 unspecified atom stereocenters. The van der Waals surface area contributed by atoms with Gasteiger partial charge in [0.25, 0.3) is 5.91 Å². The van der Waals surface area contributed by atoms with Gasteiger partial charge in [0.15, 0.2) is 0 Å². The van der Waals surface area contributed by atoms with Crippen LogP contribution in [0.4, 0.5) is 4.39 Å². The number of nitrogens with one attached hydrogen (secondary N) is 2. The van der Waals surface area contributed by atoms with Gasteiger partial charge in [-0.3, -0.25) is 9.59 Å². The van der Waals surface area contributed by atoms with E-state index in [9.17, 15) is 19.1 Å². The van der Waals surface area contributed by atoms with Gasteiger partial charge in [0.05, 0.1) is 6.61 Å². The van der Waals surface area contributed by atoms with Crippen LogP contribution in [-0.2, 0) is 11.2 Å². The van der Waals surface area contributed by atoms with Gasteiger partial charge in [-0.2, -0.15) is 0 Å². The maximum atomic E-state index is 13.7. The summed E-state index contributed by atoms with van der Waals surface area (Å²) in [4.78, 5) is 24.3. The summed E-state index contributed by atoms with van der Waals surface area (Å²) < 4.78 is 13.7. The molecular formula is C19H21FN2O3. The number of halogens is 1. The van der Waals surface area contributed by atoms with Gasteiger partial charge in [-0.25, -0.2) is 4.39 Å². The minimum absolute atomic E-state index is 0.309. The monoisotopic (exact) mass is 344 g/mol. The van der Waals surface area contributed by atoms with E-state index in [1.807, 2.05) is 0 Å². The quantitative estimate of drug-likeness (QED) is 0.715. The molecule has 132 valence electrons. The smallest absolute Gasteiger partial charge is 0.251 e. The van der Waals surface area contributed by atoms with Crippen LogP contribution < -0.4 is 10.6 Å². The number of amides is 2. The summed E-state index contributed by atoms with van der Waals surface area (Å²) >= 11 is 0. The molecule has 25 heavy (non-hydrogen) atoms. The van der Waals surface area contributed by atoms with Gasteiger partial charge in [0.2, 0.25) is 5.91 Å². The normalized spacial score (nSPS) is 12.9. The second-order valence-electron chi connectivity index (χ2n) is 5.78. The molecule has 0 radical (unpaired) electrons. The molecule has 0 aliphatic carbocycles. The van der Waals surface area contributed by atoms with Gasteiger partial charge in [0, 0.05) is 11.6 Å². The van der Waals surface area contributed by atoms with Crippen LogP contribution in [0.1, 0.15) is 22.8 Å². The number of hydrogen-bond acceptors (Lipinski definition) is 3. The SMILES string of the molecule is CC(Cc1ccccc1F)NC(=O)C(CO)NC(=O)c1ccccc1. The first-order valence-electron chi connectivity index (χ1n) is 8.01. The van der Waals surface area contributed by atoms with E-state index in [1.165, 1.54) is 6.07 Å². The molecule has 0 saturated heterocycles. The summed E-state index contributed by atoms with van der Waals surface area (Å²) in [5.74, 6) is -1.30. The molecule has 0 spiro atoms. The Bertz CT molecular complexity index is 722. The fourth-order valence-electron chi connectivity index (χ4n) is 2.41. The highest BCUT2D eigenvalue weighted by Gasteiger charge is 2.22. The zero-order valence-corrected chi connectivity index (χ0v) is 13.9. The molecule has 2 rings (SSSR count). The first-order valence-corrected chi connectivity index (χ1v) is 8.01. The van der Waals surface area contributed by atoms with Crippen LogP contribution in [-0.4, -0.2) is 35.6 Å². The Hall–Kier alpha value is -2.73. The molecule has 3 N–H and O–H groups in total. The topological polar surface area (TPSA) is 78.4 Å². The highest BCUT2D eigenvalue weighted by molar-refractivity contribution is 5.97. The summed E-state index contributed by atoms with van der Waals surface area (Å²) in [7, 11) is 0. The average Bonchev–Trinajstić information content (AvgIpc) is 2.62. The van der Waals surface area contributed by atoms with E-state index in [0.717, 1.165) is 0 Å². The van der Waals surface area contributed by atoms with E-state index in [1.54, 1.807) is 55.5 Å². The fraction of sp³-hybridized carbons (Fsp3) is 0.263. The zero-order valence-electron chi connectivity index (χ0n) is 13.9. The van der Waals surface area contributed by atoms with Crippen molar-refractivity contribution in [2.75, 3.05) is 6.61 Å². The van der Waals surface area contributed by atoms with Gasteiger partial charge in [-0.15, -0.1) is 0 Å². The highest BCUT2D eigenvalue weighted by atomic mass is 19.1. The van der Waals surface area contributed by atoms with Gasteiger partial charge in [-0.1, -0.05) is 36.4 Å². The molecular weight excluding hydrogens is 323 g/mol. The van der Waals surface area contributed by atoms with E-state index in [4.69, 9.17) is 0 Å². The maximum absolute atomic E-state index is 13.7. The van der Waals surface area contributed by atoms with E-state index in [2.05, 4.69) is 10.6 Å². The number of hydrogen-bond donors (Lipinski definition) is 3. The number of carbonyl (C=O) groups excluding carboxylic acids is 2. The van der Waals surface area contributed by atoms with Crippen molar-refractivity contribution >= 4 is 11.8 Å². The first-order chi connectivity index (χ1) is 12.0. The number of aliphatic hydroxyl groups excluding tert-OH is 1. The lowest BCUT2D eigenvalue weighted by atomic mass is 10.1. The van der Waals surface area contributed by atoms with Crippen LogP contribution in [0.3, 0.4) is 0 Å². The minimum Gasteiger partial charge on any atom is -0.394 e. The molecule has 0 aromatic heterocycles. The van der Waals surface area contributed by atoms with Crippen molar-refractivity contribution in [3.8, 4) is 0 Å². The molecule has 2 atom stereocenters. The van der Waals surface area contributed by atoms with Crippen molar-refractivity contribution in [3.05, 3.63) is 71.5 Å². The fourth-order valence-corrected chi connectivity index (χ4v) is 2.41. The van der Waals surface area contributed by atoms with Crippen LogP contribution >= 0.6 is 0 Å². The predicted octanol–water partition coefficient (Wildman–Crippen LogP) is 1.66. The van der Waals surface area contributed by atoms with Crippen molar-refractivity contribution in [2.24, 2.45) is 0 Å². The van der Waals surface area contributed by atoms with Gasteiger partial charge < -0.3 is 15.7 Å². The van der Waals surface area contributed by atoms with Crippen LogP contribution in [0.25, 0.3) is 0 Å².